The molecule has 2 aliphatic rings. The van der Waals surface area contributed by atoms with Crippen LogP contribution in [0.3, 0.4) is 0 Å². The van der Waals surface area contributed by atoms with E-state index in [0.717, 1.165) is 51.3 Å². The van der Waals surface area contributed by atoms with Crippen LogP contribution in [0.15, 0.2) is 24.3 Å². The van der Waals surface area contributed by atoms with Crippen molar-refractivity contribution in [1.82, 2.24) is 14.7 Å². The van der Waals surface area contributed by atoms with Crippen molar-refractivity contribution in [3.63, 3.8) is 0 Å². The summed E-state index contributed by atoms with van der Waals surface area (Å²) in [5.41, 5.74) is 1.60. The summed E-state index contributed by atoms with van der Waals surface area (Å²) in [6.45, 7) is 6.27. The molecule has 1 aromatic rings. The minimum Gasteiger partial charge on any atom is -0.465 e. The zero-order chi connectivity index (χ0) is 18.5. The highest BCUT2D eigenvalue weighted by atomic mass is 32.2. The van der Waals surface area contributed by atoms with Crippen LogP contribution in [0.4, 0.5) is 0 Å². The van der Waals surface area contributed by atoms with E-state index >= 15 is 0 Å². The van der Waals surface area contributed by atoms with Crippen LogP contribution in [0, 0.1) is 0 Å². The van der Waals surface area contributed by atoms with Crippen molar-refractivity contribution in [2.24, 2.45) is 0 Å². The van der Waals surface area contributed by atoms with Crippen LogP contribution in [0.1, 0.15) is 27.7 Å². The molecule has 0 spiro atoms. The number of esters is 1. The molecule has 1 aromatic carbocycles. The van der Waals surface area contributed by atoms with Gasteiger partial charge in [0, 0.05) is 32.7 Å². The molecule has 142 valence electrons. The summed E-state index contributed by atoms with van der Waals surface area (Å²) in [4.78, 5) is 30.7. The fourth-order valence-electron chi connectivity index (χ4n) is 3.41. The Morgan fingerprint density at radius 3 is 2.50 bits per heavy atom. The first-order valence-electron chi connectivity index (χ1n) is 9.08. The standard InChI is InChI=1S/C19H27N3O3S/c1-20-10-12-21(13-11-20)8-3-9-22-17(23)14-26-18(22)15-4-6-16(7-5-15)19(24)25-2/h4-7,18H,3,8-14H2,1-2H3. The number of nitrogens with zero attached hydrogens (tertiary/aromatic N) is 3. The van der Waals surface area contributed by atoms with E-state index in [4.69, 9.17) is 4.74 Å². The Balaban J connectivity index is 1.55. The Hall–Kier alpha value is -1.57. The van der Waals surface area contributed by atoms with Gasteiger partial charge in [0.2, 0.25) is 5.91 Å². The molecule has 1 amide bonds. The molecule has 0 radical (unpaired) electrons. The van der Waals surface area contributed by atoms with Gasteiger partial charge in [-0.15, -0.1) is 11.8 Å². The van der Waals surface area contributed by atoms with Gasteiger partial charge in [-0.05, 0) is 37.7 Å². The van der Waals surface area contributed by atoms with E-state index in [9.17, 15) is 9.59 Å². The van der Waals surface area contributed by atoms with Crippen molar-refractivity contribution >= 4 is 23.6 Å². The number of rotatable bonds is 6. The highest BCUT2D eigenvalue weighted by Gasteiger charge is 2.32. The Labute approximate surface area is 159 Å². The van der Waals surface area contributed by atoms with Crippen molar-refractivity contribution < 1.29 is 14.3 Å². The van der Waals surface area contributed by atoms with Crippen LogP contribution < -0.4 is 0 Å². The first-order valence-corrected chi connectivity index (χ1v) is 10.1. The van der Waals surface area contributed by atoms with E-state index in [1.54, 1.807) is 23.9 Å². The summed E-state index contributed by atoms with van der Waals surface area (Å²) < 4.78 is 4.74. The molecule has 0 bridgehead atoms. The molecule has 0 aromatic heterocycles. The number of carbonyl (C=O) groups is 2. The number of amides is 1. The number of thioether (sulfide) groups is 1. The predicted octanol–water partition coefficient (Wildman–Crippen LogP) is 1.68. The molecule has 3 rings (SSSR count). The first-order chi connectivity index (χ1) is 12.6. The maximum Gasteiger partial charge on any atom is 0.337 e. The van der Waals surface area contributed by atoms with Gasteiger partial charge in [-0.1, -0.05) is 12.1 Å². The van der Waals surface area contributed by atoms with Crippen LogP contribution in [0.5, 0.6) is 0 Å². The molecular formula is C19H27N3O3S. The molecule has 1 atom stereocenters. The third kappa shape index (κ3) is 4.58. The number of hydrogen-bond donors (Lipinski definition) is 0. The smallest absolute Gasteiger partial charge is 0.337 e. The van der Waals surface area contributed by atoms with Crippen LogP contribution in [0.25, 0.3) is 0 Å². The zero-order valence-electron chi connectivity index (χ0n) is 15.5. The van der Waals surface area contributed by atoms with Crippen LogP contribution in [0.2, 0.25) is 0 Å². The third-order valence-electron chi connectivity index (χ3n) is 5.05. The molecule has 1 unspecified atom stereocenters. The van der Waals surface area contributed by atoms with E-state index < -0.39 is 0 Å². The Bertz CT molecular complexity index is 629. The van der Waals surface area contributed by atoms with Gasteiger partial charge in [-0.3, -0.25) is 4.79 Å². The summed E-state index contributed by atoms with van der Waals surface area (Å²) in [6.07, 6.45) is 0.993. The van der Waals surface area contributed by atoms with Gasteiger partial charge in [0.1, 0.15) is 5.37 Å². The first kappa shape index (κ1) is 19.2. The summed E-state index contributed by atoms with van der Waals surface area (Å²) in [6, 6.07) is 7.39. The van der Waals surface area contributed by atoms with E-state index in [1.165, 1.54) is 7.11 Å². The van der Waals surface area contributed by atoms with Gasteiger partial charge in [-0.2, -0.15) is 0 Å². The van der Waals surface area contributed by atoms with Crippen molar-refractivity contribution in [3.05, 3.63) is 35.4 Å². The van der Waals surface area contributed by atoms with Crippen molar-refractivity contribution in [3.8, 4) is 0 Å². The molecule has 6 nitrogen and oxygen atoms in total. The van der Waals surface area contributed by atoms with Gasteiger partial charge in [-0.25, -0.2) is 4.79 Å². The minimum absolute atomic E-state index is 0.0432. The number of likely N-dealkylation sites (N-methyl/N-ethyl adjacent to an activating group) is 1. The van der Waals surface area contributed by atoms with Gasteiger partial charge < -0.3 is 19.4 Å². The van der Waals surface area contributed by atoms with Gasteiger partial charge in [0.25, 0.3) is 0 Å². The van der Waals surface area contributed by atoms with Crippen molar-refractivity contribution in [2.45, 2.75) is 11.8 Å². The maximum absolute atomic E-state index is 12.3. The lowest BCUT2D eigenvalue weighted by molar-refractivity contribution is -0.128. The SMILES string of the molecule is COC(=O)c1ccc(C2SCC(=O)N2CCCN2CCN(C)CC2)cc1. The maximum atomic E-state index is 12.3. The highest BCUT2D eigenvalue weighted by molar-refractivity contribution is 8.00. The molecular weight excluding hydrogens is 350 g/mol. The fraction of sp³-hybridized carbons (Fsp3) is 0.579. The Morgan fingerprint density at radius 2 is 1.85 bits per heavy atom. The number of carbonyl (C=O) groups excluding carboxylic acids is 2. The van der Waals surface area contributed by atoms with Gasteiger partial charge in [0.05, 0.1) is 18.4 Å². The summed E-state index contributed by atoms with van der Waals surface area (Å²) in [5, 5.41) is 0.0432. The highest BCUT2D eigenvalue weighted by Crippen LogP contribution is 2.38. The minimum atomic E-state index is -0.337. The second kappa shape index (κ2) is 8.88. The van der Waals surface area contributed by atoms with Crippen LogP contribution in [-0.4, -0.2) is 85.8 Å². The zero-order valence-corrected chi connectivity index (χ0v) is 16.3. The lowest BCUT2D eigenvalue weighted by atomic mass is 10.1. The number of methoxy groups -OCH3 is 1. The fourth-order valence-corrected chi connectivity index (χ4v) is 4.63. The van der Waals surface area contributed by atoms with E-state index in [0.29, 0.717) is 11.3 Å². The number of benzene rings is 1. The average Bonchev–Trinajstić information content (AvgIpc) is 3.03. The van der Waals surface area contributed by atoms with Crippen LogP contribution in [-0.2, 0) is 9.53 Å². The number of ether oxygens (including phenoxy) is 1. The molecule has 0 aliphatic carbocycles. The second-order valence-corrected chi connectivity index (χ2v) is 7.93. The van der Waals surface area contributed by atoms with Crippen molar-refractivity contribution in [2.75, 3.05) is 59.2 Å². The van der Waals surface area contributed by atoms with Crippen LogP contribution >= 0.6 is 11.8 Å². The molecule has 2 aliphatic heterocycles. The molecule has 7 heteroatoms. The lowest BCUT2D eigenvalue weighted by Gasteiger charge is -2.33. The summed E-state index contributed by atoms with van der Waals surface area (Å²) in [5.74, 6) is 0.393. The molecule has 26 heavy (non-hydrogen) atoms. The number of hydrogen-bond acceptors (Lipinski definition) is 6. The average molecular weight is 378 g/mol. The quantitative estimate of drug-likeness (QED) is 0.703. The van der Waals surface area contributed by atoms with E-state index in [1.807, 2.05) is 17.0 Å². The summed E-state index contributed by atoms with van der Waals surface area (Å²) >= 11 is 1.66. The van der Waals surface area contributed by atoms with E-state index in [2.05, 4.69) is 16.8 Å². The molecule has 2 heterocycles. The number of piperazine rings is 1. The van der Waals surface area contributed by atoms with Gasteiger partial charge in [0.15, 0.2) is 0 Å². The topological polar surface area (TPSA) is 53.1 Å². The molecule has 2 fully saturated rings. The Morgan fingerprint density at radius 1 is 1.15 bits per heavy atom. The van der Waals surface area contributed by atoms with Crippen molar-refractivity contribution in [1.29, 1.82) is 0 Å². The van der Waals surface area contributed by atoms with E-state index in [-0.39, 0.29) is 17.3 Å². The monoisotopic (exact) mass is 377 g/mol. The predicted molar refractivity (Wildman–Crippen MR) is 103 cm³/mol. The third-order valence-corrected chi connectivity index (χ3v) is 6.31. The lowest BCUT2D eigenvalue weighted by Crippen LogP contribution is -2.45. The largest absolute Gasteiger partial charge is 0.465 e. The Kier molecular flexibility index (Phi) is 6.56. The summed E-state index contributed by atoms with van der Waals surface area (Å²) in [7, 11) is 3.54. The molecule has 2 saturated heterocycles. The second-order valence-electron chi connectivity index (χ2n) is 6.86. The normalized spacial score (nSPS) is 22.0. The molecule has 0 N–H and O–H groups in total. The van der Waals surface area contributed by atoms with Gasteiger partial charge >= 0.3 is 5.97 Å². The molecule has 0 saturated carbocycles.